The van der Waals surface area contributed by atoms with Crippen LogP contribution in [0.1, 0.15) is 26.2 Å². The number of piperidine rings is 1. The smallest absolute Gasteiger partial charge is 0.321 e. The number of carboxylic acids is 1. The summed E-state index contributed by atoms with van der Waals surface area (Å²) in [6.07, 6.45) is 3.04. The number of hydrogen-bond acceptors (Lipinski definition) is 3. The van der Waals surface area contributed by atoms with E-state index in [0.29, 0.717) is 6.61 Å². The van der Waals surface area contributed by atoms with Gasteiger partial charge in [-0.3, -0.25) is 9.69 Å². The van der Waals surface area contributed by atoms with E-state index in [-0.39, 0.29) is 12.0 Å². The highest BCUT2D eigenvalue weighted by atomic mass is 16.5. The molecule has 1 aliphatic rings. The van der Waals surface area contributed by atoms with Crippen LogP contribution in [0.3, 0.4) is 0 Å². The van der Waals surface area contributed by atoms with Gasteiger partial charge in [-0.05, 0) is 31.7 Å². The van der Waals surface area contributed by atoms with Gasteiger partial charge in [0.25, 0.3) is 0 Å². The number of carbonyl (C=O) groups is 1. The Morgan fingerprint density at radius 1 is 1.60 bits per heavy atom. The maximum atomic E-state index is 11.1. The van der Waals surface area contributed by atoms with Crippen LogP contribution in [0, 0.1) is 5.92 Å². The van der Waals surface area contributed by atoms with E-state index >= 15 is 0 Å². The Bertz CT molecular complexity index is 208. The molecule has 15 heavy (non-hydrogen) atoms. The standard InChI is InChI=1S/C11H21NO3/c1-9-5-3-6-12(7-4-8-15-2)10(9)11(13)14/h9-10H,3-8H2,1-2H3,(H,13,14). The minimum atomic E-state index is -0.681. The van der Waals surface area contributed by atoms with Gasteiger partial charge in [0.05, 0.1) is 0 Å². The van der Waals surface area contributed by atoms with Crippen molar-refractivity contribution < 1.29 is 14.6 Å². The lowest BCUT2D eigenvalue weighted by molar-refractivity contribution is -0.146. The van der Waals surface area contributed by atoms with Crippen LogP contribution in [0.2, 0.25) is 0 Å². The molecule has 4 nitrogen and oxygen atoms in total. The summed E-state index contributed by atoms with van der Waals surface area (Å²) in [6.45, 7) is 4.47. The van der Waals surface area contributed by atoms with Crippen molar-refractivity contribution in [1.29, 1.82) is 0 Å². The molecule has 0 saturated carbocycles. The van der Waals surface area contributed by atoms with Crippen LogP contribution in [0.4, 0.5) is 0 Å². The van der Waals surface area contributed by atoms with Crippen molar-refractivity contribution in [3.8, 4) is 0 Å². The molecule has 0 radical (unpaired) electrons. The van der Waals surface area contributed by atoms with Crippen molar-refractivity contribution in [2.45, 2.75) is 32.2 Å². The minimum absolute atomic E-state index is 0.263. The number of methoxy groups -OCH3 is 1. The first-order chi connectivity index (χ1) is 7.16. The van der Waals surface area contributed by atoms with Crippen molar-refractivity contribution in [2.24, 2.45) is 5.92 Å². The number of ether oxygens (including phenoxy) is 1. The average molecular weight is 215 g/mol. The Hall–Kier alpha value is -0.610. The van der Waals surface area contributed by atoms with E-state index in [0.717, 1.165) is 32.4 Å². The van der Waals surface area contributed by atoms with Crippen molar-refractivity contribution in [1.82, 2.24) is 4.90 Å². The number of aliphatic carboxylic acids is 1. The van der Waals surface area contributed by atoms with Crippen molar-refractivity contribution in [3.05, 3.63) is 0 Å². The van der Waals surface area contributed by atoms with E-state index in [1.165, 1.54) is 0 Å². The predicted molar refractivity (Wildman–Crippen MR) is 57.9 cm³/mol. The number of hydrogen-bond donors (Lipinski definition) is 1. The molecule has 0 amide bonds. The Balaban J connectivity index is 2.47. The zero-order valence-corrected chi connectivity index (χ0v) is 9.61. The summed E-state index contributed by atoms with van der Waals surface area (Å²) in [5.41, 5.74) is 0. The lowest BCUT2D eigenvalue weighted by atomic mass is 9.91. The Morgan fingerprint density at radius 3 is 2.93 bits per heavy atom. The van der Waals surface area contributed by atoms with Crippen LogP contribution in [0.25, 0.3) is 0 Å². The minimum Gasteiger partial charge on any atom is -0.480 e. The van der Waals surface area contributed by atoms with Crippen LogP contribution in [-0.4, -0.2) is 48.8 Å². The van der Waals surface area contributed by atoms with Gasteiger partial charge in [0.1, 0.15) is 6.04 Å². The average Bonchev–Trinajstić information content (AvgIpc) is 2.17. The molecular weight excluding hydrogens is 194 g/mol. The summed E-state index contributed by atoms with van der Waals surface area (Å²) < 4.78 is 4.98. The molecule has 0 spiro atoms. The first-order valence-corrected chi connectivity index (χ1v) is 5.62. The summed E-state index contributed by atoms with van der Waals surface area (Å²) in [5, 5.41) is 9.16. The van der Waals surface area contributed by atoms with Crippen LogP contribution in [-0.2, 0) is 9.53 Å². The molecule has 0 aliphatic carbocycles. The van der Waals surface area contributed by atoms with Crippen LogP contribution >= 0.6 is 0 Å². The maximum Gasteiger partial charge on any atom is 0.321 e. The molecule has 1 aliphatic heterocycles. The normalized spacial score (nSPS) is 27.9. The predicted octanol–water partition coefficient (Wildman–Crippen LogP) is 1.21. The second-order valence-corrected chi connectivity index (χ2v) is 4.28. The summed E-state index contributed by atoms with van der Waals surface area (Å²) >= 11 is 0. The fourth-order valence-corrected chi connectivity index (χ4v) is 2.34. The van der Waals surface area contributed by atoms with E-state index in [4.69, 9.17) is 9.84 Å². The second kappa shape index (κ2) is 6.08. The SMILES string of the molecule is COCCCN1CCCC(C)C1C(=O)O. The van der Waals surface area contributed by atoms with Crippen molar-refractivity contribution in [2.75, 3.05) is 26.8 Å². The Labute approximate surface area is 91.2 Å². The highest BCUT2D eigenvalue weighted by Crippen LogP contribution is 2.23. The largest absolute Gasteiger partial charge is 0.480 e. The monoisotopic (exact) mass is 215 g/mol. The quantitative estimate of drug-likeness (QED) is 0.700. The van der Waals surface area contributed by atoms with Gasteiger partial charge in [-0.15, -0.1) is 0 Å². The number of likely N-dealkylation sites (tertiary alicyclic amines) is 1. The van der Waals surface area contributed by atoms with Crippen molar-refractivity contribution >= 4 is 5.97 Å². The fraction of sp³-hybridized carbons (Fsp3) is 0.909. The topological polar surface area (TPSA) is 49.8 Å². The third-order valence-corrected chi connectivity index (χ3v) is 3.08. The second-order valence-electron chi connectivity index (χ2n) is 4.28. The number of rotatable bonds is 5. The van der Waals surface area contributed by atoms with Crippen LogP contribution in [0.5, 0.6) is 0 Å². The van der Waals surface area contributed by atoms with Gasteiger partial charge in [-0.2, -0.15) is 0 Å². The molecule has 1 N–H and O–H groups in total. The zero-order chi connectivity index (χ0) is 11.3. The molecule has 1 saturated heterocycles. The highest BCUT2D eigenvalue weighted by Gasteiger charge is 2.33. The van der Waals surface area contributed by atoms with Crippen LogP contribution in [0.15, 0.2) is 0 Å². The number of nitrogens with zero attached hydrogens (tertiary/aromatic N) is 1. The van der Waals surface area contributed by atoms with Gasteiger partial charge < -0.3 is 9.84 Å². The van der Waals surface area contributed by atoms with Gasteiger partial charge in [0.15, 0.2) is 0 Å². The van der Waals surface area contributed by atoms with Gasteiger partial charge in [-0.25, -0.2) is 0 Å². The molecule has 1 fully saturated rings. The lowest BCUT2D eigenvalue weighted by Crippen LogP contribution is -2.49. The summed E-state index contributed by atoms with van der Waals surface area (Å²) in [7, 11) is 1.67. The van der Waals surface area contributed by atoms with Gasteiger partial charge in [0, 0.05) is 20.3 Å². The van der Waals surface area contributed by atoms with Gasteiger partial charge in [-0.1, -0.05) is 6.92 Å². The van der Waals surface area contributed by atoms with E-state index < -0.39 is 5.97 Å². The van der Waals surface area contributed by atoms with E-state index in [2.05, 4.69) is 4.90 Å². The maximum absolute atomic E-state index is 11.1. The third-order valence-electron chi connectivity index (χ3n) is 3.08. The Morgan fingerprint density at radius 2 is 2.33 bits per heavy atom. The third kappa shape index (κ3) is 3.47. The van der Waals surface area contributed by atoms with E-state index in [1.807, 2.05) is 6.92 Å². The first-order valence-electron chi connectivity index (χ1n) is 5.62. The molecule has 4 heteroatoms. The van der Waals surface area contributed by atoms with E-state index in [1.54, 1.807) is 7.11 Å². The molecule has 1 rings (SSSR count). The van der Waals surface area contributed by atoms with Crippen LogP contribution < -0.4 is 0 Å². The molecule has 2 unspecified atom stereocenters. The first kappa shape index (κ1) is 12.5. The van der Waals surface area contributed by atoms with E-state index in [9.17, 15) is 4.79 Å². The number of carboxylic acid groups (broad SMARTS) is 1. The summed E-state index contributed by atoms with van der Waals surface area (Å²) in [4.78, 5) is 13.2. The molecule has 0 aromatic carbocycles. The molecule has 2 atom stereocenters. The molecule has 0 bridgehead atoms. The molecule has 1 heterocycles. The molecule has 0 aromatic rings. The lowest BCUT2D eigenvalue weighted by Gasteiger charge is -2.37. The summed E-state index contributed by atoms with van der Waals surface area (Å²) in [6, 6.07) is -0.296. The molecule has 88 valence electrons. The highest BCUT2D eigenvalue weighted by molar-refractivity contribution is 5.74. The fourth-order valence-electron chi connectivity index (χ4n) is 2.34. The molecule has 0 aromatic heterocycles. The summed E-state index contributed by atoms with van der Waals surface area (Å²) in [5.74, 6) is -0.418. The van der Waals surface area contributed by atoms with Gasteiger partial charge in [0.2, 0.25) is 0 Å². The molecular formula is C11H21NO3. The Kier molecular flexibility index (Phi) is 5.05. The van der Waals surface area contributed by atoms with Crippen molar-refractivity contribution in [3.63, 3.8) is 0 Å². The zero-order valence-electron chi connectivity index (χ0n) is 9.61. The van der Waals surface area contributed by atoms with Gasteiger partial charge >= 0.3 is 5.97 Å².